The maximum Gasteiger partial charge on any atom is 0.192 e. The fourth-order valence-electron chi connectivity index (χ4n) is 6.81. The van der Waals surface area contributed by atoms with Gasteiger partial charge in [-0.3, -0.25) is 0 Å². The van der Waals surface area contributed by atoms with Crippen LogP contribution in [0.3, 0.4) is 0 Å². The van der Waals surface area contributed by atoms with Crippen molar-refractivity contribution in [3.63, 3.8) is 0 Å². The molecule has 0 unspecified atom stereocenters. The van der Waals surface area contributed by atoms with E-state index in [9.17, 15) is 0 Å². The summed E-state index contributed by atoms with van der Waals surface area (Å²) >= 11 is 0. The molecule has 6 nitrogen and oxygen atoms in total. The van der Waals surface area contributed by atoms with E-state index in [-0.39, 0.29) is 47.0 Å². The van der Waals surface area contributed by atoms with Crippen LogP contribution in [-0.4, -0.2) is 54.1 Å². The predicted molar refractivity (Wildman–Crippen MR) is 214 cm³/mol. The lowest BCUT2D eigenvalue weighted by molar-refractivity contribution is -0.173. The molecular weight excluding hydrogens is 653 g/mol. The van der Waals surface area contributed by atoms with Crippen LogP contribution in [0.1, 0.15) is 72.9 Å². The van der Waals surface area contributed by atoms with Crippen molar-refractivity contribution in [1.29, 1.82) is 0 Å². The van der Waals surface area contributed by atoms with Gasteiger partial charge >= 0.3 is 0 Å². The zero-order chi connectivity index (χ0) is 37.8. The molecule has 1 fully saturated rings. The van der Waals surface area contributed by atoms with Crippen molar-refractivity contribution in [1.82, 2.24) is 0 Å². The van der Waals surface area contributed by atoms with Crippen molar-refractivity contribution < 1.29 is 28.1 Å². The van der Waals surface area contributed by atoms with E-state index >= 15 is 0 Å². The van der Waals surface area contributed by atoms with Gasteiger partial charge in [-0.05, 0) is 72.8 Å². The number of methoxy groups -OCH3 is 2. The molecule has 0 N–H and O–H groups in total. The van der Waals surface area contributed by atoms with Gasteiger partial charge in [-0.2, -0.15) is 0 Å². The highest BCUT2D eigenvalue weighted by molar-refractivity contribution is 6.74. The Morgan fingerprint density at radius 3 is 1.94 bits per heavy atom. The first-order chi connectivity index (χ1) is 24.1. The number of ether oxygens (including phenoxy) is 5. The molecule has 284 valence electrons. The van der Waals surface area contributed by atoms with Gasteiger partial charge < -0.3 is 28.1 Å². The third-order valence-corrected chi connectivity index (χ3v) is 15.4. The van der Waals surface area contributed by atoms with E-state index in [1.165, 1.54) is 5.57 Å². The zero-order valence-corrected chi connectivity index (χ0v) is 34.7. The van der Waals surface area contributed by atoms with Gasteiger partial charge in [-0.1, -0.05) is 109 Å². The van der Waals surface area contributed by atoms with Crippen LogP contribution < -0.4 is 9.47 Å². The van der Waals surface area contributed by atoms with E-state index < -0.39 is 8.32 Å². The van der Waals surface area contributed by atoms with Crippen molar-refractivity contribution >= 4 is 8.32 Å². The molecule has 0 aromatic heterocycles. The predicted octanol–water partition coefficient (Wildman–Crippen LogP) is 10.8. The smallest absolute Gasteiger partial charge is 0.192 e. The number of hydrogen-bond donors (Lipinski definition) is 0. The van der Waals surface area contributed by atoms with Crippen molar-refractivity contribution in [2.24, 2.45) is 29.6 Å². The fourth-order valence-corrected chi connectivity index (χ4v) is 8.29. The lowest BCUT2D eigenvalue weighted by Gasteiger charge is -2.45. The Hall–Kier alpha value is -2.68. The number of benzene rings is 2. The minimum Gasteiger partial charge on any atom is -0.497 e. The second-order valence-corrected chi connectivity index (χ2v) is 21.0. The van der Waals surface area contributed by atoms with Crippen LogP contribution in [0.4, 0.5) is 0 Å². The Balaban J connectivity index is 1.70. The highest BCUT2D eigenvalue weighted by atomic mass is 28.4. The number of hydrogen-bond acceptors (Lipinski definition) is 6. The summed E-state index contributed by atoms with van der Waals surface area (Å²) in [6.07, 6.45) is 9.66. The Morgan fingerprint density at radius 1 is 0.882 bits per heavy atom. The average molecular weight is 721 g/mol. The molecule has 0 saturated carbocycles. The molecule has 1 aliphatic heterocycles. The first-order valence-electron chi connectivity index (χ1n) is 18.8. The molecule has 0 bridgehead atoms. The highest BCUT2D eigenvalue weighted by Crippen LogP contribution is 2.40. The van der Waals surface area contributed by atoms with Crippen LogP contribution in [0.5, 0.6) is 11.5 Å². The molecule has 0 amide bonds. The molecule has 0 spiro atoms. The van der Waals surface area contributed by atoms with Crippen molar-refractivity contribution in [2.45, 2.75) is 111 Å². The summed E-state index contributed by atoms with van der Waals surface area (Å²) in [6.45, 7) is 29.4. The van der Waals surface area contributed by atoms with Crippen LogP contribution in [0.25, 0.3) is 0 Å². The molecule has 3 rings (SSSR count). The Morgan fingerprint density at radius 2 is 1.45 bits per heavy atom. The normalized spacial score (nSPS) is 20.6. The van der Waals surface area contributed by atoms with Gasteiger partial charge in [0.05, 0.1) is 59.0 Å². The van der Waals surface area contributed by atoms with Gasteiger partial charge in [0.2, 0.25) is 0 Å². The first kappa shape index (κ1) is 42.7. The summed E-state index contributed by atoms with van der Waals surface area (Å²) in [7, 11) is 1.34. The van der Waals surface area contributed by atoms with Gasteiger partial charge in [-0.15, -0.1) is 0 Å². The standard InChI is InChI=1S/C44H68O6Si/c1-14-15-16-32(3)42(48-29-37-19-23-40(46-11)24-20-37)35(6)43-38(30-49-43)26-31(2)25-33(4)41(50-51(12,13)44(7,8)9)34(5)27-47-28-36-17-21-39(45-10)22-18-36/h14-25,32-35,38,41-43H,1,26-30H2,2-13H3/b16-15-,31-25-/t32-,33-,34-,35+,38+,41+,42-,43-/m0/s1. The second kappa shape index (κ2) is 20.0. The molecule has 2 aromatic carbocycles. The third-order valence-electron chi connectivity index (χ3n) is 10.9. The van der Waals surface area contributed by atoms with E-state index in [0.29, 0.717) is 25.7 Å². The molecule has 0 radical (unpaired) electrons. The molecular formula is C44H68O6Si. The van der Waals surface area contributed by atoms with Gasteiger partial charge in [0.15, 0.2) is 8.32 Å². The number of allylic oxidation sites excluding steroid dienone is 3. The Kier molecular flexibility index (Phi) is 16.7. The largest absolute Gasteiger partial charge is 0.497 e. The first-order valence-corrected chi connectivity index (χ1v) is 21.7. The van der Waals surface area contributed by atoms with Gasteiger partial charge in [0.25, 0.3) is 0 Å². The minimum atomic E-state index is -2.03. The van der Waals surface area contributed by atoms with Crippen LogP contribution in [0.15, 0.2) is 85.0 Å². The lowest BCUT2D eigenvalue weighted by Crippen LogP contribution is -2.49. The molecule has 7 heteroatoms. The summed E-state index contributed by atoms with van der Waals surface area (Å²) in [4.78, 5) is 0. The zero-order valence-electron chi connectivity index (χ0n) is 33.7. The molecule has 51 heavy (non-hydrogen) atoms. The molecule has 8 atom stereocenters. The third kappa shape index (κ3) is 12.7. The van der Waals surface area contributed by atoms with E-state index in [2.05, 4.69) is 111 Å². The second-order valence-electron chi connectivity index (χ2n) is 16.3. The van der Waals surface area contributed by atoms with E-state index in [4.69, 9.17) is 28.1 Å². The summed E-state index contributed by atoms with van der Waals surface area (Å²) in [6, 6.07) is 16.2. The summed E-state index contributed by atoms with van der Waals surface area (Å²) in [5.74, 6) is 3.03. The van der Waals surface area contributed by atoms with Gasteiger partial charge in [-0.25, -0.2) is 0 Å². The highest BCUT2D eigenvalue weighted by Gasteiger charge is 2.43. The number of rotatable bonds is 21. The van der Waals surface area contributed by atoms with Gasteiger partial charge in [0.1, 0.15) is 11.5 Å². The maximum absolute atomic E-state index is 7.17. The maximum atomic E-state index is 7.17. The summed E-state index contributed by atoms with van der Waals surface area (Å²) in [5, 5.41) is 0.115. The Labute approximate surface area is 311 Å². The van der Waals surface area contributed by atoms with Crippen molar-refractivity contribution in [2.75, 3.05) is 27.4 Å². The molecule has 1 saturated heterocycles. The summed E-state index contributed by atoms with van der Waals surface area (Å²) < 4.78 is 37.0. The van der Waals surface area contributed by atoms with Crippen LogP contribution in [0.2, 0.25) is 18.1 Å². The topological polar surface area (TPSA) is 55.4 Å². The molecule has 1 aliphatic rings. The van der Waals surface area contributed by atoms with Crippen molar-refractivity contribution in [3.05, 3.63) is 96.1 Å². The molecule has 0 aliphatic carbocycles. The van der Waals surface area contributed by atoms with E-state index in [1.54, 1.807) is 14.2 Å². The average Bonchev–Trinajstić information content (AvgIpc) is 3.08. The van der Waals surface area contributed by atoms with E-state index in [0.717, 1.165) is 35.7 Å². The van der Waals surface area contributed by atoms with Gasteiger partial charge in [0, 0.05) is 23.7 Å². The lowest BCUT2D eigenvalue weighted by atomic mass is 9.78. The van der Waals surface area contributed by atoms with Crippen LogP contribution >= 0.6 is 0 Å². The SMILES string of the molecule is C=C/C=C\[C@H](C)[C@H](OCc1ccc(OC)cc1)[C@@H](C)[C@@H]1OC[C@H]1C/C(C)=C\[C@H](C)[C@@H](O[Si](C)(C)C(C)(C)C)[C@@H](C)COCc1ccc(OC)cc1. The van der Waals surface area contributed by atoms with Crippen LogP contribution in [-0.2, 0) is 31.9 Å². The minimum absolute atomic E-state index is 0.000411. The van der Waals surface area contributed by atoms with Crippen molar-refractivity contribution in [3.8, 4) is 11.5 Å². The fraction of sp³-hybridized carbons (Fsp3) is 0.591. The molecule has 2 aromatic rings. The molecule has 1 heterocycles. The monoisotopic (exact) mass is 720 g/mol. The Bertz CT molecular complexity index is 1380. The quantitative estimate of drug-likeness (QED) is 0.0727. The summed E-state index contributed by atoms with van der Waals surface area (Å²) in [5.41, 5.74) is 3.65. The van der Waals surface area contributed by atoms with E-state index in [1.807, 2.05) is 36.4 Å². The van der Waals surface area contributed by atoms with Crippen LogP contribution in [0, 0.1) is 29.6 Å².